The van der Waals surface area contributed by atoms with Gasteiger partial charge < -0.3 is 5.32 Å². The molecule has 0 unspecified atom stereocenters. The Labute approximate surface area is 166 Å². The molecule has 0 saturated carbocycles. The first-order valence-electron chi connectivity index (χ1n) is 5.15. The van der Waals surface area contributed by atoms with Crippen LogP contribution in [0.3, 0.4) is 0 Å². The van der Waals surface area contributed by atoms with Crippen LogP contribution in [-0.2, 0) is 0 Å². The lowest BCUT2D eigenvalue weighted by atomic mass is 10.2. The zero-order valence-electron chi connectivity index (χ0n) is 9.55. The van der Waals surface area contributed by atoms with Crippen molar-refractivity contribution in [3.05, 3.63) is 50.8 Å². The summed E-state index contributed by atoms with van der Waals surface area (Å²) in [6.07, 6.45) is 1.40. The van der Waals surface area contributed by atoms with Crippen LogP contribution in [-0.4, -0.2) is 10.9 Å². The summed E-state index contributed by atoms with van der Waals surface area (Å²) in [6.45, 7) is 0. The van der Waals surface area contributed by atoms with Gasteiger partial charge in [0.05, 0.1) is 16.3 Å². The van der Waals surface area contributed by atoms with Crippen LogP contribution in [0.25, 0.3) is 0 Å². The average Bonchev–Trinajstić information content (AvgIpc) is 2.36. The highest BCUT2D eigenvalue weighted by molar-refractivity contribution is 14.1. The van der Waals surface area contributed by atoms with Crippen LogP contribution in [0.2, 0.25) is 10.2 Å². The molecule has 0 aliphatic rings. The molecule has 1 amide bonds. The maximum Gasteiger partial charge on any atom is 0.257 e. The molecule has 2 aromatic rings. The fourth-order valence-corrected chi connectivity index (χ4v) is 5.51. The molecule has 8 heteroatoms. The number of carbonyl (C=O) groups is 1. The van der Waals surface area contributed by atoms with Gasteiger partial charge in [0.25, 0.3) is 5.91 Å². The van der Waals surface area contributed by atoms with Crippen LogP contribution in [0, 0.1) is 10.7 Å². The number of pyridine rings is 1. The Hall–Kier alpha value is 0.610. The van der Waals surface area contributed by atoms with Gasteiger partial charge in [-0.3, -0.25) is 4.79 Å². The Balaban J connectivity index is 2.30. The van der Waals surface area contributed by atoms with Crippen LogP contribution in [0.4, 0.5) is 5.69 Å². The van der Waals surface area contributed by atoms with Crippen molar-refractivity contribution < 1.29 is 4.79 Å². The molecule has 0 fully saturated rings. The quantitative estimate of drug-likeness (QED) is 0.349. The molecule has 1 aromatic carbocycles. The van der Waals surface area contributed by atoms with E-state index in [1.807, 2.05) is 12.1 Å². The van der Waals surface area contributed by atoms with E-state index in [0.717, 1.165) is 16.4 Å². The Morgan fingerprint density at radius 2 is 1.70 bits per heavy atom. The standard InChI is InChI=1S/C12H5Cl2I3N2O/c13-7-1-5(4-18-11(7)14)12(20)19-10-8(16)2-6(15)3-9(10)17/h1-4H,(H,19,20). The van der Waals surface area contributed by atoms with Gasteiger partial charge in [0.2, 0.25) is 0 Å². The molecule has 3 nitrogen and oxygen atoms in total. The van der Waals surface area contributed by atoms with Gasteiger partial charge in [-0.15, -0.1) is 0 Å². The molecule has 1 N–H and O–H groups in total. The second kappa shape index (κ2) is 7.25. The van der Waals surface area contributed by atoms with Crippen molar-refractivity contribution in [1.29, 1.82) is 0 Å². The lowest BCUT2D eigenvalue weighted by Gasteiger charge is -2.10. The van der Waals surface area contributed by atoms with Crippen molar-refractivity contribution in [3.8, 4) is 0 Å². The maximum absolute atomic E-state index is 12.2. The molecule has 20 heavy (non-hydrogen) atoms. The first-order valence-corrected chi connectivity index (χ1v) is 9.14. The minimum Gasteiger partial charge on any atom is -0.320 e. The number of hydrogen-bond donors (Lipinski definition) is 1. The van der Waals surface area contributed by atoms with Crippen molar-refractivity contribution in [3.63, 3.8) is 0 Å². The van der Waals surface area contributed by atoms with Crippen LogP contribution >= 0.6 is 91.0 Å². The fourth-order valence-electron chi connectivity index (χ4n) is 1.39. The number of benzene rings is 1. The molecule has 104 valence electrons. The van der Waals surface area contributed by atoms with E-state index in [2.05, 4.69) is 78.1 Å². The monoisotopic (exact) mass is 644 g/mol. The summed E-state index contributed by atoms with van der Waals surface area (Å²) < 4.78 is 3.06. The highest BCUT2D eigenvalue weighted by Crippen LogP contribution is 2.28. The fraction of sp³-hybridized carbons (Fsp3) is 0. The number of nitrogens with one attached hydrogen (secondary N) is 1. The lowest BCUT2D eigenvalue weighted by Crippen LogP contribution is -2.14. The largest absolute Gasteiger partial charge is 0.320 e. The molecule has 2 rings (SSSR count). The van der Waals surface area contributed by atoms with Gasteiger partial charge in [-0.2, -0.15) is 0 Å². The third kappa shape index (κ3) is 4.08. The number of rotatable bonds is 2. The zero-order valence-corrected chi connectivity index (χ0v) is 17.5. The Bertz CT molecular complexity index is 671. The van der Waals surface area contributed by atoms with E-state index < -0.39 is 0 Å². The zero-order chi connectivity index (χ0) is 14.9. The van der Waals surface area contributed by atoms with E-state index in [9.17, 15) is 4.79 Å². The molecule has 0 aliphatic heterocycles. The van der Waals surface area contributed by atoms with Gasteiger partial charge in [0, 0.05) is 16.9 Å². The average molecular weight is 645 g/mol. The Kier molecular flexibility index (Phi) is 6.15. The predicted molar refractivity (Wildman–Crippen MR) is 107 cm³/mol. The number of aromatic nitrogens is 1. The van der Waals surface area contributed by atoms with Gasteiger partial charge in [0.15, 0.2) is 0 Å². The first kappa shape index (κ1) is 17.0. The third-order valence-electron chi connectivity index (χ3n) is 2.30. The van der Waals surface area contributed by atoms with Crippen LogP contribution in [0.5, 0.6) is 0 Å². The van der Waals surface area contributed by atoms with Crippen LogP contribution in [0.15, 0.2) is 24.4 Å². The van der Waals surface area contributed by atoms with Crippen molar-refractivity contribution in [2.75, 3.05) is 5.32 Å². The van der Waals surface area contributed by atoms with Gasteiger partial charge >= 0.3 is 0 Å². The molecule has 0 saturated heterocycles. The van der Waals surface area contributed by atoms with Crippen LogP contribution < -0.4 is 5.32 Å². The number of carbonyl (C=O) groups excluding carboxylic acids is 1. The second-order valence-corrected chi connectivity index (χ2v) is 8.03. The highest BCUT2D eigenvalue weighted by Gasteiger charge is 2.13. The van der Waals surface area contributed by atoms with Gasteiger partial charge in [0.1, 0.15) is 5.15 Å². The number of anilines is 1. The minimum absolute atomic E-state index is 0.182. The minimum atomic E-state index is -0.270. The topological polar surface area (TPSA) is 42.0 Å². The van der Waals surface area contributed by atoms with E-state index >= 15 is 0 Å². The van der Waals surface area contributed by atoms with Crippen LogP contribution in [0.1, 0.15) is 10.4 Å². The predicted octanol–water partition coefficient (Wildman–Crippen LogP) is 5.45. The van der Waals surface area contributed by atoms with Gasteiger partial charge in [-0.05, 0) is 86.0 Å². The summed E-state index contributed by atoms with van der Waals surface area (Å²) >= 11 is 18.2. The number of hydrogen-bond acceptors (Lipinski definition) is 2. The summed E-state index contributed by atoms with van der Waals surface area (Å²) in [5.41, 5.74) is 1.15. The lowest BCUT2D eigenvalue weighted by molar-refractivity contribution is 0.102. The van der Waals surface area contributed by atoms with E-state index in [-0.39, 0.29) is 16.1 Å². The smallest absolute Gasteiger partial charge is 0.257 e. The summed E-state index contributed by atoms with van der Waals surface area (Å²) in [7, 11) is 0. The summed E-state index contributed by atoms with van der Waals surface area (Å²) in [5, 5.41) is 3.31. The SMILES string of the molecule is O=C(Nc1c(I)cc(I)cc1I)c1cnc(Cl)c(Cl)c1. The third-order valence-corrected chi connectivity index (χ3v) is 5.31. The molecule has 0 radical (unpaired) electrons. The maximum atomic E-state index is 12.2. The summed E-state index contributed by atoms with van der Waals surface area (Å²) in [6, 6.07) is 5.48. The number of halogens is 5. The number of amides is 1. The van der Waals surface area contributed by atoms with Gasteiger partial charge in [-0.25, -0.2) is 4.98 Å². The molecular weight excluding hydrogens is 640 g/mol. The highest BCUT2D eigenvalue weighted by atomic mass is 127. The van der Waals surface area contributed by atoms with E-state index in [4.69, 9.17) is 23.2 Å². The van der Waals surface area contributed by atoms with Crippen molar-refractivity contribution >= 4 is 103 Å². The van der Waals surface area contributed by atoms with Crippen molar-refractivity contribution in [1.82, 2.24) is 4.98 Å². The molecule has 0 spiro atoms. The molecule has 1 heterocycles. The molecule has 0 bridgehead atoms. The van der Waals surface area contributed by atoms with E-state index in [1.165, 1.54) is 12.3 Å². The second-order valence-electron chi connectivity index (χ2n) is 3.70. The molecule has 0 atom stereocenters. The number of nitrogens with zero attached hydrogens (tertiary/aromatic N) is 1. The molecule has 0 aliphatic carbocycles. The Morgan fingerprint density at radius 1 is 1.10 bits per heavy atom. The van der Waals surface area contributed by atoms with Crippen molar-refractivity contribution in [2.24, 2.45) is 0 Å². The van der Waals surface area contributed by atoms with E-state index in [1.54, 1.807) is 0 Å². The van der Waals surface area contributed by atoms with Gasteiger partial charge in [-0.1, -0.05) is 23.2 Å². The molecule has 1 aromatic heterocycles. The normalized spacial score (nSPS) is 10.4. The molecular formula is C12H5Cl2I3N2O. The Morgan fingerprint density at radius 3 is 2.25 bits per heavy atom. The van der Waals surface area contributed by atoms with E-state index in [0.29, 0.717) is 5.56 Å². The first-order chi connectivity index (χ1) is 9.38. The summed E-state index contributed by atoms with van der Waals surface area (Å²) in [5.74, 6) is -0.270. The summed E-state index contributed by atoms with van der Waals surface area (Å²) in [4.78, 5) is 16.1. The van der Waals surface area contributed by atoms with Crippen molar-refractivity contribution in [2.45, 2.75) is 0 Å².